The van der Waals surface area contributed by atoms with E-state index in [1.54, 1.807) is 13.8 Å². The zero-order valence-electron chi connectivity index (χ0n) is 12.1. The van der Waals surface area contributed by atoms with Gasteiger partial charge in [0.2, 0.25) is 0 Å². The van der Waals surface area contributed by atoms with E-state index >= 15 is 0 Å². The smallest absolute Gasteiger partial charge is 0.334 e. The Balaban J connectivity index is 3.52. The molecule has 0 aromatic carbocycles. The van der Waals surface area contributed by atoms with Gasteiger partial charge in [-0.15, -0.1) is 0 Å². The Morgan fingerprint density at radius 2 is 2.05 bits per heavy atom. The number of rotatable bonds is 10. The van der Waals surface area contributed by atoms with Gasteiger partial charge in [0.05, 0.1) is 25.7 Å². The molecular formula is C13H26N2O4. The summed E-state index contributed by atoms with van der Waals surface area (Å²) in [7, 11) is 1.31. The Kier molecular flexibility index (Phi) is 10.1. The number of amidine groups is 1. The van der Waals surface area contributed by atoms with Crippen LogP contribution in [0, 0.1) is 0 Å². The number of hydrogen-bond acceptors (Lipinski definition) is 5. The highest BCUT2D eigenvalue weighted by Crippen LogP contribution is 2.06. The molecule has 3 N–H and O–H groups in total. The summed E-state index contributed by atoms with van der Waals surface area (Å²) < 4.78 is 9.72. The van der Waals surface area contributed by atoms with Crippen LogP contribution in [0.3, 0.4) is 0 Å². The number of methoxy groups -OCH3 is 1. The van der Waals surface area contributed by atoms with Crippen LogP contribution in [0.25, 0.3) is 0 Å². The maximum Gasteiger partial charge on any atom is 0.334 e. The summed E-state index contributed by atoms with van der Waals surface area (Å²) in [6.45, 7) is 4.25. The van der Waals surface area contributed by atoms with E-state index in [1.165, 1.54) is 7.11 Å². The molecule has 2 atom stereocenters. The average molecular weight is 274 g/mol. The van der Waals surface area contributed by atoms with E-state index in [2.05, 4.69) is 9.73 Å². The first-order valence-electron chi connectivity index (χ1n) is 6.61. The maximum atomic E-state index is 11.1. The number of esters is 1. The lowest BCUT2D eigenvalue weighted by atomic mass is 10.1. The predicted octanol–water partition coefficient (Wildman–Crippen LogP) is 0.863. The number of aliphatic hydroxyl groups is 1. The van der Waals surface area contributed by atoms with Crippen LogP contribution >= 0.6 is 0 Å². The Morgan fingerprint density at radius 3 is 2.63 bits per heavy atom. The van der Waals surface area contributed by atoms with E-state index in [0.29, 0.717) is 12.3 Å². The number of carbonyl (C=O) groups excluding carboxylic acids is 1. The third-order valence-electron chi connectivity index (χ3n) is 2.63. The van der Waals surface area contributed by atoms with Crippen molar-refractivity contribution >= 4 is 11.8 Å². The fourth-order valence-corrected chi connectivity index (χ4v) is 1.50. The summed E-state index contributed by atoms with van der Waals surface area (Å²) in [6, 6.07) is 0. The van der Waals surface area contributed by atoms with Gasteiger partial charge in [-0.2, -0.15) is 0 Å². The number of nitrogens with zero attached hydrogens (tertiary/aromatic N) is 1. The molecule has 2 unspecified atom stereocenters. The molecular weight excluding hydrogens is 248 g/mol. The van der Waals surface area contributed by atoms with E-state index < -0.39 is 18.2 Å². The van der Waals surface area contributed by atoms with Gasteiger partial charge in [-0.05, 0) is 26.7 Å². The zero-order valence-corrected chi connectivity index (χ0v) is 12.1. The third kappa shape index (κ3) is 10.5. The van der Waals surface area contributed by atoms with Crippen LogP contribution in [0.5, 0.6) is 0 Å². The highest BCUT2D eigenvalue weighted by molar-refractivity contribution is 5.77. The number of hydrogen-bond donors (Lipinski definition) is 2. The van der Waals surface area contributed by atoms with Crippen molar-refractivity contribution in [1.82, 2.24) is 0 Å². The molecule has 0 saturated heterocycles. The van der Waals surface area contributed by atoms with Crippen LogP contribution in [0.15, 0.2) is 4.99 Å². The molecule has 6 nitrogen and oxygen atoms in total. The summed E-state index contributed by atoms with van der Waals surface area (Å²) in [5.41, 5.74) is 5.41. The lowest BCUT2D eigenvalue weighted by Gasteiger charge is -2.14. The molecule has 0 amide bonds. The lowest BCUT2D eigenvalue weighted by Crippen LogP contribution is -2.26. The fourth-order valence-electron chi connectivity index (χ4n) is 1.50. The van der Waals surface area contributed by atoms with Gasteiger partial charge >= 0.3 is 5.97 Å². The first kappa shape index (κ1) is 17.9. The number of unbranched alkanes of at least 4 members (excludes halogenated alkanes) is 2. The largest absolute Gasteiger partial charge is 0.467 e. The quantitative estimate of drug-likeness (QED) is 0.267. The second kappa shape index (κ2) is 10.8. The molecule has 0 aromatic rings. The van der Waals surface area contributed by atoms with E-state index in [4.69, 9.17) is 10.5 Å². The molecule has 0 saturated carbocycles. The van der Waals surface area contributed by atoms with Gasteiger partial charge in [-0.1, -0.05) is 12.8 Å². The summed E-state index contributed by atoms with van der Waals surface area (Å²) in [4.78, 5) is 15.1. The summed E-state index contributed by atoms with van der Waals surface area (Å²) in [6.07, 6.45) is 2.31. The third-order valence-corrected chi connectivity index (χ3v) is 2.63. The Labute approximate surface area is 115 Å². The average Bonchev–Trinajstić information content (AvgIpc) is 2.38. The summed E-state index contributed by atoms with van der Waals surface area (Å²) in [5.74, 6) is 0.174. The van der Waals surface area contributed by atoms with Gasteiger partial charge < -0.3 is 20.3 Å². The molecule has 0 aliphatic heterocycles. The van der Waals surface area contributed by atoms with E-state index in [-0.39, 0.29) is 6.61 Å². The van der Waals surface area contributed by atoms with Crippen LogP contribution in [-0.2, 0) is 14.3 Å². The van der Waals surface area contributed by atoms with Crippen LogP contribution < -0.4 is 5.73 Å². The minimum absolute atomic E-state index is 0.149. The van der Waals surface area contributed by atoms with Crippen LogP contribution in [0.4, 0.5) is 0 Å². The van der Waals surface area contributed by atoms with Crippen molar-refractivity contribution in [2.24, 2.45) is 10.7 Å². The molecule has 0 rings (SSSR count). The maximum absolute atomic E-state index is 11.1. The van der Waals surface area contributed by atoms with Crippen LogP contribution in [0.1, 0.15) is 39.5 Å². The molecule has 0 fully saturated rings. The Morgan fingerprint density at radius 1 is 1.37 bits per heavy atom. The number of carbonyl (C=O) groups is 1. The van der Waals surface area contributed by atoms with Crippen molar-refractivity contribution in [2.45, 2.75) is 51.7 Å². The minimum atomic E-state index is -0.637. The molecule has 0 aliphatic carbocycles. The molecule has 6 heteroatoms. The second-order valence-corrected chi connectivity index (χ2v) is 4.52. The normalized spacial score (nSPS) is 15.1. The van der Waals surface area contributed by atoms with Crippen molar-refractivity contribution in [3.63, 3.8) is 0 Å². The molecule has 0 aromatic heterocycles. The number of aliphatic imine (C=N–C) groups is 1. The van der Waals surface area contributed by atoms with Gasteiger partial charge in [0, 0.05) is 6.54 Å². The Bertz CT molecular complexity index is 278. The topological polar surface area (TPSA) is 94.1 Å². The molecule has 0 aliphatic rings. The minimum Gasteiger partial charge on any atom is -0.467 e. The molecule has 19 heavy (non-hydrogen) atoms. The lowest BCUT2D eigenvalue weighted by molar-refractivity contribution is -0.154. The van der Waals surface area contributed by atoms with Gasteiger partial charge in [-0.25, -0.2) is 4.79 Å². The fraction of sp³-hybridized carbons (Fsp3) is 0.846. The van der Waals surface area contributed by atoms with Gasteiger partial charge in [0.25, 0.3) is 0 Å². The summed E-state index contributed by atoms with van der Waals surface area (Å²) >= 11 is 0. The number of aliphatic hydroxyl groups excluding tert-OH is 1. The van der Waals surface area contributed by atoms with Gasteiger partial charge in [-0.3, -0.25) is 4.99 Å². The molecule has 112 valence electrons. The molecule has 0 heterocycles. The van der Waals surface area contributed by atoms with Crippen molar-refractivity contribution in [1.29, 1.82) is 0 Å². The van der Waals surface area contributed by atoms with Gasteiger partial charge in [0.15, 0.2) is 6.10 Å². The van der Waals surface area contributed by atoms with Gasteiger partial charge in [0.1, 0.15) is 0 Å². The molecule has 0 radical (unpaired) electrons. The standard InChI is InChI=1S/C13H26N2O4/c1-10(13(17)18-3)19-9-12(16)7-5-4-6-8-15-11(2)14/h10,12,16H,4-9H2,1-3H3,(H2,14,15). The monoisotopic (exact) mass is 274 g/mol. The summed E-state index contributed by atoms with van der Waals surface area (Å²) in [5, 5.41) is 9.67. The van der Waals surface area contributed by atoms with Crippen LogP contribution in [0.2, 0.25) is 0 Å². The second-order valence-electron chi connectivity index (χ2n) is 4.52. The van der Waals surface area contributed by atoms with Crippen molar-refractivity contribution < 1.29 is 19.4 Å². The first-order chi connectivity index (χ1) is 8.97. The number of nitrogens with two attached hydrogens (primary N) is 1. The van der Waals surface area contributed by atoms with E-state index in [9.17, 15) is 9.90 Å². The van der Waals surface area contributed by atoms with Crippen molar-refractivity contribution in [2.75, 3.05) is 20.3 Å². The van der Waals surface area contributed by atoms with E-state index in [0.717, 1.165) is 25.8 Å². The Hall–Kier alpha value is -1.14. The highest BCUT2D eigenvalue weighted by atomic mass is 16.6. The zero-order chi connectivity index (χ0) is 14.7. The van der Waals surface area contributed by atoms with E-state index in [1.807, 2.05) is 0 Å². The predicted molar refractivity (Wildman–Crippen MR) is 74.1 cm³/mol. The first-order valence-corrected chi connectivity index (χ1v) is 6.61. The highest BCUT2D eigenvalue weighted by Gasteiger charge is 2.15. The van der Waals surface area contributed by atoms with Crippen LogP contribution in [-0.4, -0.2) is 49.4 Å². The number of ether oxygens (including phenoxy) is 2. The molecule has 0 bridgehead atoms. The SMILES string of the molecule is COC(=O)C(C)OCC(O)CCCCCN=C(C)N. The van der Waals surface area contributed by atoms with Crippen molar-refractivity contribution in [3.05, 3.63) is 0 Å². The molecule has 0 spiro atoms. The van der Waals surface area contributed by atoms with Crippen molar-refractivity contribution in [3.8, 4) is 0 Å².